The molecule has 0 fully saturated rings. The average Bonchev–Trinajstić information content (AvgIpc) is 2.99. The Kier molecular flexibility index (Phi) is 6.06. The summed E-state index contributed by atoms with van der Waals surface area (Å²) in [5.74, 6) is -0.541. The molecule has 0 aliphatic heterocycles. The molecule has 1 N–H and O–H groups in total. The highest BCUT2D eigenvalue weighted by Gasteiger charge is 2.27. The first-order valence-electron chi connectivity index (χ1n) is 8.89. The van der Waals surface area contributed by atoms with Gasteiger partial charge in [0.1, 0.15) is 11.6 Å². The van der Waals surface area contributed by atoms with Crippen LogP contribution in [0.5, 0.6) is 0 Å². The van der Waals surface area contributed by atoms with E-state index >= 15 is 0 Å². The zero-order valence-electron chi connectivity index (χ0n) is 15.2. The van der Waals surface area contributed by atoms with E-state index in [0.29, 0.717) is 29.3 Å². The number of likely N-dealkylation sites (N-methyl/N-ethyl adjacent to an activating group) is 1. The molecule has 1 amide bonds. The third-order valence-corrected chi connectivity index (χ3v) is 5.62. The molecule has 0 unspecified atom stereocenters. The lowest BCUT2D eigenvalue weighted by Gasteiger charge is -2.14. The normalized spacial score (nSPS) is 13.3. The number of amides is 1. The summed E-state index contributed by atoms with van der Waals surface area (Å²) in [6.07, 6.45) is 4.01. The van der Waals surface area contributed by atoms with Crippen molar-refractivity contribution >= 4 is 28.2 Å². The van der Waals surface area contributed by atoms with Crippen LogP contribution in [-0.2, 0) is 17.6 Å². The number of ether oxygens (including phenoxy) is 1. The van der Waals surface area contributed by atoms with Crippen molar-refractivity contribution in [2.24, 2.45) is 0 Å². The van der Waals surface area contributed by atoms with Crippen LogP contribution in [0.3, 0.4) is 0 Å². The van der Waals surface area contributed by atoms with Crippen molar-refractivity contribution in [3.63, 3.8) is 0 Å². The lowest BCUT2D eigenvalue weighted by Crippen LogP contribution is -2.21. The number of hydrogen-bond donors (Lipinski definition) is 1. The molecule has 0 saturated carbocycles. The first-order chi connectivity index (χ1) is 12.6. The Hall–Kier alpha value is -2.18. The second kappa shape index (κ2) is 8.47. The van der Waals surface area contributed by atoms with Crippen molar-refractivity contribution in [3.8, 4) is 0 Å². The molecular formula is C20H24N2O3S. The first kappa shape index (κ1) is 18.6. The van der Waals surface area contributed by atoms with Gasteiger partial charge < -0.3 is 15.0 Å². The van der Waals surface area contributed by atoms with Crippen molar-refractivity contribution < 1.29 is 14.3 Å². The lowest BCUT2D eigenvalue weighted by atomic mass is 9.95. The molecule has 1 aromatic heterocycles. The molecule has 5 nitrogen and oxygen atoms in total. The Morgan fingerprint density at radius 2 is 1.88 bits per heavy atom. The maximum absolute atomic E-state index is 12.7. The average molecular weight is 372 g/mol. The van der Waals surface area contributed by atoms with Crippen LogP contribution in [0.15, 0.2) is 30.3 Å². The highest BCUT2D eigenvalue weighted by molar-refractivity contribution is 7.17. The molecule has 0 radical (unpaired) electrons. The van der Waals surface area contributed by atoms with Gasteiger partial charge in [0.2, 0.25) is 0 Å². The molecule has 2 aromatic rings. The summed E-state index contributed by atoms with van der Waals surface area (Å²) in [4.78, 5) is 28.4. The van der Waals surface area contributed by atoms with Gasteiger partial charge in [-0.05, 0) is 57.5 Å². The highest BCUT2D eigenvalue weighted by Crippen LogP contribution is 2.38. The number of nitrogens with zero attached hydrogens (tertiary/aromatic N) is 1. The molecule has 1 aliphatic carbocycles. The smallest absolute Gasteiger partial charge is 0.341 e. The number of rotatable bonds is 6. The summed E-state index contributed by atoms with van der Waals surface area (Å²) in [5.41, 5.74) is 2.18. The predicted octanol–water partition coefficient (Wildman–Crippen LogP) is 3.60. The van der Waals surface area contributed by atoms with Gasteiger partial charge in [-0.15, -0.1) is 11.3 Å². The van der Waals surface area contributed by atoms with Gasteiger partial charge in [-0.3, -0.25) is 4.79 Å². The van der Waals surface area contributed by atoms with Gasteiger partial charge in [-0.25, -0.2) is 4.79 Å². The number of carbonyl (C=O) groups excluding carboxylic acids is 2. The van der Waals surface area contributed by atoms with E-state index in [4.69, 9.17) is 4.74 Å². The number of hydrogen-bond acceptors (Lipinski definition) is 5. The third-order valence-electron chi connectivity index (χ3n) is 4.41. The highest BCUT2D eigenvalue weighted by atomic mass is 32.1. The van der Waals surface area contributed by atoms with Crippen molar-refractivity contribution in [2.45, 2.75) is 25.7 Å². The zero-order chi connectivity index (χ0) is 18.5. The van der Waals surface area contributed by atoms with Crippen molar-refractivity contribution in [1.29, 1.82) is 0 Å². The molecule has 0 atom stereocenters. The summed E-state index contributed by atoms with van der Waals surface area (Å²) in [6.45, 7) is 1.01. The predicted molar refractivity (Wildman–Crippen MR) is 104 cm³/mol. The third kappa shape index (κ3) is 4.31. The van der Waals surface area contributed by atoms with Gasteiger partial charge in [0.15, 0.2) is 0 Å². The number of aryl methyl sites for hydroxylation is 1. The van der Waals surface area contributed by atoms with Crippen LogP contribution < -0.4 is 5.32 Å². The summed E-state index contributed by atoms with van der Waals surface area (Å²) in [5, 5.41) is 3.54. The molecule has 1 heterocycles. The van der Waals surface area contributed by atoms with E-state index in [2.05, 4.69) is 5.32 Å². The number of fused-ring (bicyclic) bond motifs is 1. The zero-order valence-corrected chi connectivity index (χ0v) is 16.0. The van der Waals surface area contributed by atoms with E-state index in [1.54, 1.807) is 12.1 Å². The summed E-state index contributed by atoms with van der Waals surface area (Å²) >= 11 is 1.51. The number of esters is 1. The summed E-state index contributed by atoms with van der Waals surface area (Å²) in [7, 11) is 3.87. The Balaban J connectivity index is 1.83. The fourth-order valence-electron chi connectivity index (χ4n) is 3.03. The van der Waals surface area contributed by atoms with E-state index in [1.807, 2.05) is 37.2 Å². The Morgan fingerprint density at radius 1 is 1.15 bits per heavy atom. The molecule has 0 saturated heterocycles. The molecule has 1 aliphatic rings. The minimum atomic E-state index is -0.338. The van der Waals surface area contributed by atoms with E-state index in [1.165, 1.54) is 16.2 Å². The fourth-order valence-corrected chi connectivity index (χ4v) is 4.30. The van der Waals surface area contributed by atoms with E-state index in [9.17, 15) is 9.59 Å². The van der Waals surface area contributed by atoms with Crippen LogP contribution in [0.4, 0.5) is 5.00 Å². The standard InChI is InChI=1S/C20H24N2O3S/c1-22(2)12-13-25-20(24)17-15-10-6-7-11-16(15)26-19(17)21-18(23)14-8-4-3-5-9-14/h3-5,8-9H,6-7,10-13H2,1-2H3,(H,21,23). The summed E-state index contributed by atoms with van der Waals surface area (Å²) < 4.78 is 5.47. The lowest BCUT2D eigenvalue weighted by molar-refractivity contribution is 0.0482. The van der Waals surface area contributed by atoms with E-state index in [0.717, 1.165) is 31.2 Å². The van der Waals surface area contributed by atoms with Gasteiger partial charge in [0.25, 0.3) is 5.91 Å². The Bertz CT molecular complexity index is 784. The number of thiophene rings is 1. The van der Waals surface area contributed by atoms with Crippen LogP contribution in [0.25, 0.3) is 0 Å². The van der Waals surface area contributed by atoms with E-state index in [-0.39, 0.29) is 11.9 Å². The molecule has 26 heavy (non-hydrogen) atoms. The second-order valence-corrected chi connectivity index (χ2v) is 7.78. The molecular weight excluding hydrogens is 348 g/mol. The van der Waals surface area contributed by atoms with E-state index < -0.39 is 0 Å². The van der Waals surface area contributed by atoms with Crippen LogP contribution in [-0.4, -0.2) is 44.0 Å². The molecule has 138 valence electrons. The molecule has 3 rings (SSSR count). The number of nitrogens with one attached hydrogen (secondary N) is 1. The topological polar surface area (TPSA) is 58.6 Å². The van der Waals surface area contributed by atoms with Gasteiger partial charge in [-0.2, -0.15) is 0 Å². The van der Waals surface area contributed by atoms with Crippen LogP contribution in [0.2, 0.25) is 0 Å². The number of carbonyl (C=O) groups is 2. The monoisotopic (exact) mass is 372 g/mol. The van der Waals surface area contributed by atoms with Gasteiger partial charge >= 0.3 is 5.97 Å². The minimum Gasteiger partial charge on any atom is -0.461 e. The SMILES string of the molecule is CN(C)CCOC(=O)c1c(NC(=O)c2ccccc2)sc2c1CCCC2. The largest absolute Gasteiger partial charge is 0.461 e. The summed E-state index contributed by atoms with van der Waals surface area (Å²) in [6, 6.07) is 9.04. The molecule has 0 spiro atoms. The molecule has 0 bridgehead atoms. The number of anilines is 1. The van der Waals surface area contributed by atoms with Gasteiger partial charge in [0.05, 0.1) is 5.56 Å². The number of benzene rings is 1. The molecule has 6 heteroatoms. The van der Waals surface area contributed by atoms with Crippen LogP contribution in [0, 0.1) is 0 Å². The second-order valence-electron chi connectivity index (χ2n) is 6.67. The van der Waals surface area contributed by atoms with Crippen molar-refractivity contribution in [2.75, 3.05) is 32.6 Å². The van der Waals surface area contributed by atoms with Crippen molar-refractivity contribution in [1.82, 2.24) is 4.90 Å². The van der Waals surface area contributed by atoms with Crippen LogP contribution in [0.1, 0.15) is 44.0 Å². The van der Waals surface area contributed by atoms with Crippen molar-refractivity contribution in [3.05, 3.63) is 51.9 Å². The maximum Gasteiger partial charge on any atom is 0.341 e. The Morgan fingerprint density at radius 3 is 2.62 bits per heavy atom. The quantitative estimate of drug-likeness (QED) is 0.787. The first-order valence-corrected chi connectivity index (χ1v) is 9.70. The van der Waals surface area contributed by atoms with Gasteiger partial charge in [0, 0.05) is 17.0 Å². The fraction of sp³-hybridized carbons (Fsp3) is 0.400. The maximum atomic E-state index is 12.7. The van der Waals surface area contributed by atoms with Crippen LogP contribution >= 0.6 is 11.3 Å². The minimum absolute atomic E-state index is 0.202. The Labute approximate surface area is 158 Å². The van der Waals surface area contributed by atoms with Gasteiger partial charge in [-0.1, -0.05) is 18.2 Å². The molecule has 1 aromatic carbocycles.